The molecule has 0 aliphatic carbocycles. The summed E-state index contributed by atoms with van der Waals surface area (Å²) in [6.07, 6.45) is 2.99. The molecule has 0 aromatic heterocycles. The summed E-state index contributed by atoms with van der Waals surface area (Å²) in [5.74, 6) is -1.87. The normalized spacial score (nSPS) is 13.2. The van der Waals surface area contributed by atoms with Crippen LogP contribution < -0.4 is 0 Å². The zero-order valence-electron chi connectivity index (χ0n) is 19.6. The lowest BCUT2D eigenvalue weighted by atomic mass is 10.1. The average molecular weight is 467 g/mol. The van der Waals surface area contributed by atoms with Crippen LogP contribution in [0.3, 0.4) is 0 Å². The number of carbonyl (C=O) groups is 2. The van der Waals surface area contributed by atoms with Gasteiger partial charge in [-0.3, -0.25) is 0 Å². The van der Waals surface area contributed by atoms with Crippen molar-refractivity contribution in [2.24, 2.45) is 0 Å². The van der Waals surface area contributed by atoms with Gasteiger partial charge in [-0.05, 0) is 12.8 Å². The number of aliphatic carboxylic acids is 2. The van der Waals surface area contributed by atoms with Gasteiger partial charge in [-0.1, -0.05) is 39.5 Å². The molecule has 0 saturated carbocycles. The summed E-state index contributed by atoms with van der Waals surface area (Å²) in [6, 6.07) is 0. The molecule has 2 atom stereocenters. The van der Waals surface area contributed by atoms with E-state index in [0.717, 1.165) is 25.7 Å². The Balaban J connectivity index is 3.37. The van der Waals surface area contributed by atoms with Crippen molar-refractivity contribution in [3.8, 4) is 0 Å². The second kappa shape index (κ2) is 22.9. The van der Waals surface area contributed by atoms with E-state index in [1.807, 2.05) is 13.8 Å². The van der Waals surface area contributed by atoms with Crippen LogP contribution in [0.2, 0.25) is 0 Å². The van der Waals surface area contributed by atoms with E-state index in [1.54, 1.807) is 0 Å². The Morgan fingerprint density at radius 1 is 0.562 bits per heavy atom. The molecule has 2 unspecified atom stereocenters. The van der Waals surface area contributed by atoms with Crippen molar-refractivity contribution >= 4 is 11.9 Å². The summed E-state index contributed by atoms with van der Waals surface area (Å²) in [5, 5.41) is 18.1. The van der Waals surface area contributed by atoms with Gasteiger partial charge in [-0.2, -0.15) is 0 Å². The Bertz CT molecular complexity index is 406. The standard InChI is InChI=1S/C22H42O10/c1-3-5-7-19(21(23)24)31-17-15-29-13-11-27-9-10-28-12-14-30-16-18-32-20(22(25)26)8-6-4-2/h19-20H,3-18H2,1-2H3,(H,23,24)(H,25,26). The molecule has 0 bridgehead atoms. The molecule has 10 nitrogen and oxygen atoms in total. The van der Waals surface area contributed by atoms with E-state index in [4.69, 9.17) is 38.6 Å². The highest BCUT2D eigenvalue weighted by Gasteiger charge is 2.17. The van der Waals surface area contributed by atoms with Gasteiger partial charge in [-0.25, -0.2) is 9.59 Å². The first-order valence-corrected chi connectivity index (χ1v) is 11.5. The zero-order chi connectivity index (χ0) is 23.9. The van der Waals surface area contributed by atoms with E-state index >= 15 is 0 Å². The third-order valence-electron chi connectivity index (χ3n) is 4.40. The van der Waals surface area contributed by atoms with Gasteiger partial charge in [0.2, 0.25) is 0 Å². The van der Waals surface area contributed by atoms with Crippen molar-refractivity contribution < 1.29 is 48.2 Å². The first-order valence-electron chi connectivity index (χ1n) is 11.5. The van der Waals surface area contributed by atoms with Gasteiger partial charge in [-0.15, -0.1) is 0 Å². The number of ether oxygens (including phenoxy) is 6. The lowest BCUT2D eigenvalue weighted by molar-refractivity contribution is -0.152. The molecule has 0 rings (SSSR count). The maximum absolute atomic E-state index is 11.0. The van der Waals surface area contributed by atoms with Gasteiger partial charge in [0, 0.05) is 0 Å². The smallest absolute Gasteiger partial charge is 0.332 e. The molecule has 0 aromatic rings. The molecule has 0 fully saturated rings. The van der Waals surface area contributed by atoms with Crippen LogP contribution in [0, 0.1) is 0 Å². The van der Waals surface area contributed by atoms with Crippen LogP contribution in [0.15, 0.2) is 0 Å². The van der Waals surface area contributed by atoms with Crippen LogP contribution in [-0.4, -0.2) is 100 Å². The number of carboxylic acid groups (broad SMARTS) is 2. The van der Waals surface area contributed by atoms with Crippen molar-refractivity contribution in [1.29, 1.82) is 0 Å². The number of rotatable bonds is 25. The molecule has 0 spiro atoms. The summed E-state index contributed by atoms with van der Waals surface area (Å²) in [6.45, 7) is 7.62. The lowest BCUT2D eigenvalue weighted by Crippen LogP contribution is -2.25. The predicted molar refractivity (Wildman–Crippen MR) is 117 cm³/mol. The third-order valence-corrected chi connectivity index (χ3v) is 4.40. The fourth-order valence-corrected chi connectivity index (χ4v) is 2.60. The van der Waals surface area contributed by atoms with E-state index in [2.05, 4.69) is 0 Å². The summed E-state index contributed by atoms with van der Waals surface area (Å²) in [4.78, 5) is 22.1. The molecule has 0 heterocycles. The minimum Gasteiger partial charge on any atom is -0.479 e. The Hall–Kier alpha value is -1.30. The average Bonchev–Trinajstić information content (AvgIpc) is 2.76. The van der Waals surface area contributed by atoms with Crippen LogP contribution in [0.1, 0.15) is 52.4 Å². The molecular formula is C22H42O10. The summed E-state index contributed by atoms with van der Waals surface area (Å²) < 4.78 is 32.1. The fourth-order valence-electron chi connectivity index (χ4n) is 2.60. The van der Waals surface area contributed by atoms with Crippen molar-refractivity contribution in [1.82, 2.24) is 0 Å². The summed E-state index contributed by atoms with van der Waals surface area (Å²) >= 11 is 0. The van der Waals surface area contributed by atoms with Crippen molar-refractivity contribution in [2.75, 3.05) is 66.1 Å². The largest absolute Gasteiger partial charge is 0.479 e. The zero-order valence-corrected chi connectivity index (χ0v) is 19.6. The molecule has 10 heteroatoms. The van der Waals surface area contributed by atoms with Crippen molar-refractivity contribution in [3.63, 3.8) is 0 Å². The van der Waals surface area contributed by atoms with Gasteiger partial charge in [0.25, 0.3) is 0 Å². The topological polar surface area (TPSA) is 130 Å². The van der Waals surface area contributed by atoms with E-state index in [1.165, 1.54) is 0 Å². The monoisotopic (exact) mass is 466 g/mol. The molecule has 32 heavy (non-hydrogen) atoms. The van der Waals surface area contributed by atoms with E-state index in [0.29, 0.717) is 65.7 Å². The maximum Gasteiger partial charge on any atom is 0.332 e. The van der Waals surface area contributed by atoms with E-state index in [-0.39, 0.29) is 13.2 Å². The Labute approximate surface area is 191 Å². The van der Waals surface area contributed by atoms with Crippen molar-refractivity contribution in [2.45, 2.75) is 64.6 Å². The molecule has 0 saturated heterocycles. The molecule has 0 aliphatic rings. The second-order valence-corrected chi connectivity index (χ2v) is 7.13. The SMILES string of the molecule is CCCCC(OCCOCCOCCOCCOCCOC(CCCC)C(=O)O)C(=O)O. The fraction of sp³-hybridized carbons (Fsp3) is 0.909. The van der Waals surface area contributed by atoms with Crippen LogP contribution >= 0.6 is 0 Å². The van der Waals surface area contributed by atoms with Gasteiger partial charge in [0.15, 0.2) is 12.2 Å². The van der Waals surface area contributed by atoms with Gasteiger partial charge >= 0.3 is 11.9 Å². The van der Waals surface area contributed by atoms with Crippen LogP contribution in [-0.2, 0) is 38.0 Å². The Morgan fingerprint density at radius 3 is 1.09 bits per heavy atom. The molecule has 2 N–H and O–H groups in total. The van der Waals surface area contributed by atoms with Crippen LogP contribution in [0.25, 0.3) is 0 Å². The molecule has 0 radical (unpaired) electrons. The molecular weight excluding hydrogens is 424 g/mol. The molecule has 0 aromatic carbocycles. The van der Waals surface area contributed by atoms with Gasteiger partial charge < -0.3 is 38.6 Å². The highest BCUT2D eigenvalue weighted by molar-refractivity contribution is 5.72. The summed E-state index contributed by atoms with van der Waals surface area (Å²) in [7, 11) is 0. The second-order valence-electron chi connectivity index (χ2n) is 7.13. The van der Waals surface area contributed by atoms with Crippen molar-refractivity contribution in [3.05, 3.63) is 0 Å². The van der Waals surface area contributed by atoms with Gasteiger partial charge in [0.05, 0.1) is 66.1 Å². The highest BCUT2D eigenvalue weighted by atomic mass is 16.6. The molecule has 0 aliphatic heterocycles. The first-order chi connectivity index (χ1) is 15.5. The van der Waals surface area contributed by atoms with E-state index < -0.39 is 24.1 Å². The van der Waals surface area contributed by atoms with E-state index in [9.17, 15) is 9.59 Å². The van der Waals surface area contributed by atoms with Crippen LogP contribution in [0.5, 0.6) is 0 Å². The minimum absolute atomic E-state index is 0.241. The number of unbranched alkanes of at least 4 members (excludes halogenated alkanes) is 2. The lowest BCUT2D eigenvalue weighted by Gasteiger charge is -2.13. The minimum atomic E-state index is -0.935. The Morgan fingerprint density at radius 2 is 0.844 bits per heavy atom. The molecule has 0 amide bonds. The predicted octanol–water partition coefficient (Wildman–Crippen LogP) is 2.37. The Kier molecular flexibility index (Phi) is 21.9. The van der Waals surface area contributed by atoms with Gasteiger partial charge in [0.1, 0.15) is 0 Å². The molecule has 190 valence electrons. The third kappa shape index (κ3) is 19.4. The van der Waals surface area contributed by atoms with Crippen LogP contribution in [0.4, 0.5) is 0 Å². The maximum atomic E-state index is 11.0. The number of hydrogen-bond donors (Lipinski definition) is 2. The highest BCUT2D eigenvalue weighted by Crippen LogP contribution is 2.06. The first kappa shape index (κ1) is 30.7. The quantitative estimate of drug-likeness (QED) is 0.193. The number of carboxylic acids is 2. The summed E-state index contributed by atoms with van der Waals surface area (Å²) in [5.41, 5.74) is 0. The number of hydrogen-bond acceptors (Lipinski definition) is 8.